The third kappa shape index (κ3) is 81.9. The maximum absolute atomic E-state index is 3.25. The topological polar surface area (TPSA) is 0 Å². The van der Waals surface area contributed by atoms with Crippen molar-refractivity contribution in [2.45, 2.75) is 13.8 Å². The second-order valence-electron chi connectivity index (χ2n) is 0. The van der Waals surface area contributed by atoms with Gasteiger partial charge in [0.15, 0.2) is 0 Å². The van der Waals surface area contributed by atoms with Crippen LogP contribution in [0.2, 0.25) is 0 Å². The summed E-state index contributed by atoms with van der Waals surface area (Å²) in [6.45, 7) is 10.0. The molecule has 0 saturated heterocycles. The van der Waals surface area contributed by atoms with E-state index < -0.39 is 0 Å². The Morgan fingerprint density at radius 2 is 0.800 bits per heavy atom. The van der Waals surface area contributed by atoms with E-state index in [2.05, 4.69) is 13.8 Å². The molecule has 35 valence electrons. The van der Waals surface area contributed by atoms with Crippen LogP contribution < -0.4 is 0 Å². The van der Waals surface area contributed by atoms with Crippen LogP contribution in [0.25, 0.3) is 0 Å². The zero-order chi connectivity index (χ0) is 4.00. The van der Waals surface area contributed by atoms with E-state index >= 15 is 0 Å². The van der Waals surface area contributed by atoms with Gasteiger partial charge in [-0.15, -0.1) is 0 Å². The largest absolute Gasteiger partial charge is 2.00 e. The standard InChI is InChI=1S/2C2H5.Rh/c2*1-2;/h2*1H2,2H3;/q2*-1;+2. The van der Waals surface area contributed by atoms with Crippen LogP contribution in [0.1, 0.15) is 13.8 Å². The Bertz CT molecular complexity index is 3.61. The molecule has 0 rings (SSSR count). The summed E-state index contributed by atoms with van der Waals surface area (Å²) in [5, 5.41) is 0. The van der Waals surface area contributed by atoms with Crippen molar-refractivity contribution in [3.8, 4) is 0 Å². The molecule has 0 spiro atoms. The monoisotopic (exact) mass is 161 g/mol. The van der Waals surface area contributed by atoms with Crippen LogP contribution >= 0.6 is 0 Å². The van der Waals surface area contributed by atoms with Crippen LogP contribution in [0.4, 0.5) is 0 Å². The summed E-state index contributed by atoms with van der Waals surface area (Å²) in [6.07, 6.45) is 0. The Balaban J connectivity index is -0.0000000133. The van der Waals surface area contributed by atoms with Gasteiger partial charge in [0.05, 0.1) is 0 Å². The molecule has 0 nitrogen and oxygen atoms in total. The van der Waals surface area contributed by atoms with Crippen molar-refractivity contribution < 1.29 is 19.5 Å². The second-order valence-corrected chi connectivity index (χ2v) is 0. The second kappa shape index (κ2) is 156. The molecule has 0 fully saturated rings. The van der Waals surface area contributed by atoms with Crippen LogP contribution in [0.5, 0.6) is 0 Å². The molecule has 0 bridgehead atoms. The van der Waals surface area contributed by atoms with Gasteiger partial charge < -0.3 is 13.8 Å². The molecule has 0 atom stereocenters. The molecule has 0 aromatic carbocycles. The minimum atomic E-state index is 0. The first-order chi connectivity index (χ1) is 2.00. The molecular formula is C4H10Rh. The Hall–Kier alpha value is 0.623. The normalized spacial score (nSPS) is 2.40. The quantitative estimate of drug-likeness (QED) is 0.374. The first-order valence-electron chi connectivity index (χ1n) is 1.41. The predicted octanol–water partition coefficient (Wildman–Crippen LogP) is 1.68. The Kier molecular flexibility index (Phi) is 546. The number of hydrogen-bond acceptors (Lipinski definition) is 0. The molecule has 0 aromatic heterocycles. The predicted molar refractivity (Wildman–Crippen MR) is 22.1 cm³/mol. The van der Waals surface area contributed by atoms with Gasteiger partial charge in [-0.05, 0) is 0 Å². The van der Waals surface area contributed by atoms with Crippen molar-refractivity contribution in [2.75, 3.05) is 0 Å². The summed E-state index contributed by atoms with van der Waals surface area (Å²) >= 11 is 0. The zero-order valence-corrected chi connectivity index (χ0v) is 5.39. The van der Waals surface area contributed by atoms with Crippen molar-refractivity contribution in [3.05, 3.63) is 13.8 Å². The molecule has 0 saturated carbocycles. The van der Waals surface area contributed by atoms with Crippen molar-refractivity contribution in [3.63, 3.8) is 0 Å². The van der Waals surface area contributed by atoms with Crippen LogP contribution in [-0.4, -0.2) is 0 Å². The van der Waals surface area contributed by atoms with Crippen LogP contribution in [0, 0.1) is 13.8 Å². The zero-order valence-electron chi connectivity index (χ0n) is 3.75. The molecule has 0 unspecified atom stereocenters. The van der Waals surface area contributed by atoms with Gasteiger partial charge in [0.1, 0.15) is 0 Å². The maximum atomic E-state index is 3.25. The molecule has 5 heavy (non-hydrogen) atoms. The minimum Gasteiger partial charge on any atom is -0.346 e. The van der Waals surface area contributed by atoms with Crippen LogP contribution in [-0.2, 0) is 19.5 Å². The van der Waals surface area contributed by atoms with E-state index in [4.69, 9.17) is 0 Å². The minimum absolute atomic E-state index is 0. The van der Waals surface area contributed by atoms with E-state index in [1.54, 1.807) is 13.8 Å². The fourth-order valence-corrected chi connectivity index (χ4v) is 0. The summed E-state index contributed by atoms with van der Waals surface area (Å²) in [5.74, 6) is 0. The molecule has 1 heteroatoms. The average Bonchev–Trinajstić information content (AvgIpc) is 1.50. The van der Waals surface area contributed by atoms with Gasteiger partial charge in [0.2, 0.25) is 0 Å². The Morgan fingerprint density at radius 1 is 0.800 bits per heavy atom. The van der Waals surface area contributed by atoms with E-state index in [-0.39, 0.29) is 19.5 Å². The summed E-state index contributed by atoms with van der Waals surface area (Å²) in [5.41, 5.74) is 0. The van der Waals surface area contributed by atoms with E-state index in [0.717, 1.165) is 0 Å². The van der Waals surface area contributed by atoms with Gasteiger partial charge in [-0.25, -0.2) is 0 Å². The molecule has 0 aliphatic carbocycles. The molecule has 0 N–H and O–H groups in total. The van der Waals surface area contributed by atoms with Crippen LogP contribution in [0.3, 0.4) is 0 Å². The molecule has 0 aromatic rings. The van der Waals surface area contributed by atoms with Gasteiger partial charge in [-0.3, -0.25) is 0 Å². The third-order valence-corrected chi connectivity index (χ3v) is 0. The van der Waals surface area contributed by atoms with Crippen LogP contribution in [0.15, 0.2) is 0 Å². The smallest absolute Gasteiger partial charge is 0.346 e. The Morgan fingerprint density at radius 3 is 0.800 bits per heavy atom. The number of hydrogen-bond donors (Lipinski definition) is 0. The first kappa shape index (κ1) is 17.5. The summed E-state index contributed by atoms with van der Waals surface area (Å²) in [6, 6.07) is 0. The van der Waals surface area contributed by atoms with Gasteiger partial charge in [0.25, 0.3) is 0 Å². The fourth-order valence-electron chi connectivity index (χ4n) is 0. The maximum Gasteiger partial charge on any atom is 2.00 e. The SMILES string of the molecule is [CH2-]C.[CH2-]C.[Rh+2]. The summed E-state index contributed by atoms with van der Waals surface area (Å²) in [7, 11) is 0. The number of rotatable bonds is 0. The first-order valence-corrected chi connectivity index (χ1v) is 1.41. The fraction of sp³-hybridized carbons (Fsp3) is 0.500. The van der Waals surface area contributed by atoms with E-state index in [9.17, 15) is 0 Å². The Labute approximate surface area is 47.7 Å². The summed E-state index contributed by atoms with van der Waals surface area (Å²) < 4.78 is 0. The average molecular weight is 161 g/mol. The van der Waals surface area contributed by atoms with Gasteiger partial charge >= 0.3 is 19.5 Å². The molecule has 0 amide bonds. The van der Waals surface area contributed by atoms with E-state index in [0.29, 0.717) is 0 Å². The van der Waals surface area contributed by atoms with Crippen molar-refractivity contribution in [2.24, 2.45) is 0 Å². The van der Waals surface area contributed by atoms with E-state index in [1.165, 1.54) is 0 Å². The van der Waals surface area contributed by atoms with Crippen molar-refractivity contribution in [1.29, 1.82) is 0 Å². The summed E-state index contributed by atoms with van der Waals surface area (Å²) in [4.78, 5) is 0. The van der Waals surface area contributed by atoms with Gasteiger partial charge in [0, 0.05) is 0 Å². The molecule has 0 aliphatic rings. The van der Waals surface area contributed by atoms with Crippen molar-refractivity contribution >= 4 is 0 Å². The molecule has 0 aliphatic heterocycles. The van der Waals surface area contributed by atoms with E-state index in [1.807, 2.05) is 0 Å². The molecule has 1 radical (unpaired) electrons. The van der Waals surface area contributed by atoms with Gasteiger partial charge in [-0.1, -0.05) is 0 Å². The molecule has 0 heterocycles. The van der Waals surface area contributed by atoms with Gasteiger partial charge in [-0.2, -0.15) is 13.8 Å². The molecular weight excluding hydrogens is 151 g/mol. The third-order valence-electron chi connectivity index (χ3n) is 0. The van der Waals surface area contributed by atoms with Crippen molar-refractivity contribution in [1.82, 2.24) is 0 Å².